The molecular weight excluding hydrogens is 268 g/mol. The van der Waals surface area contributed by atoms with E-state index in [0.29, 0.717) is 18.2 Å². The molecule has 0 spiro atoms. The van der Waals surface area contributed by atoms with Gasteiger partial charge in [-0.2, -0.15) is 0 Å². The quantitative estimate of drug-likeness (QED) is 0.877. The number of aromatic amines is 1. The highest BCUT2D eigenvalue weighted by molar-refractivity contribution is 5.91. The Morgan fingerprint density at radius 1 is 1.57 bits per heavy atom. The van der Waals surface area contributed by atoms with Crippen molar-refractivity contribution in [3.63, 3.8) is 0 Å². The van der Waals surface area contributed by atoms with Crippen molar-refractivity contribution in [3.8, 4) is 0 Å². The molecule has 0 saturated carbocycles. The molecule has 0 bridgehead atoms. The van der Waals surface area contributed by atoms with Gasteiger partial charge in [-0.15, -0.1) is 0 Å². The van der Waals surface area contributed by atoms with Crippen LogP contribution in [0.4, 0.5) is 0 Å². The smallest absolute Gasteiger partial charge is 0.286 e. The minimum absolute atomic E-state index is 0.134. The molecule has 1 unspecified atom stereocenters. The van der Waals surface area contributed by atoms with Crippen molar-refractivity contribution < 1.29 is 9.21 Å². The van der Waals surface area contributed by atoms with E-state index in [9.17, 15) is 4.79 Å². The normalized spacial score (nSPS) is 19.5. The monoisotopic (exact) mass is 288 g/mol. The predicted molar refractivity (Wildman–Crippen MR) is 77.6 cm³/mol. The first-order valence-electron chi connectivity index (χ1n) is 7.32. The van der Waals surface area contributed by atoms with Crippen LogP contribution >= 0.6 is 0 Å². The van der Waals surface area contributed by atoms with Gasteiger partial charge in [0.05, 0.1) is 12.6 Å². The summed E-state index contributed by atoms with van der Waals surface area (Å²) < 4.78 is 5.09. The Bertz CT molecular complexity index is 550. The van der Waals surface area contributed by atoms with E-state index in [-0.39, 0.29) is 5.91 Å². The number of aromatic nitrogens is 2. The molecule has 1 atom stereocenters. The van der Waals surface area contributed by atoms with Crippen molar-refractivity contribution in [1.82, 2.24) is 20.2 Å². The molecule has 2 aromatic rings. The van der Waals surface area contributed by atoms with Crippen LogP contribution in [-0.4, -0.2) is 40.4 Å². The first-order valence-corrected chi connectivity index (χ1v) is 7.32. The van der Waals surface area contributed by atoms with E-state index >= 15 is 0 Å². The first kappa shape index (κ1) is 13.9. The third kappa shape index (κ3) is 3.72. The van der Waals surface area contributed by atoms with E-state index in [2.05, 4.69) is 20.2 Å². The number of rotatable bonds is 5. The van der Waals surface area contributed by atoms with Crippen LogP contribution in [0.1, 0.15) is 29.1 Å². The number of nitrogens with one attached hydrogen (secondary N) is 2. The topological polar surface area (TPSA) is 74.2 Å². The SMILES string of the molecule is O=C(NCC1CCCN(Cc2cnc[nH]2)C1)c1ccco1. The van der Waals surface area contributed by atoms with Gasteiger partial charge in [-0.25, -0.2) is 4.98 Å². The summed E-state index contributed by atoms with van der Waals surface area (Å²) in [6.45, 7) is 3.68. The summed E-state index contributed by atoms with van der Waals surface area (Å²) >= 11 is 0. The van der Waals surface area contributed by atoms with Gasteiger partial charge in [-0.05, 0) is 37.4 Å². The summed E-state index contributed by atoms with van der Waals surface area (Å²) in [6, 6.07) is 3.41. The first-order chi connectivity index (χ1) is 10.3. The highest BCUT2D eigenvalue weighted by Gasteiger charge is 2.21. The molecule has 2 N–H and O–H groups in total. The van der Waals surface area contributed by atoms with Gasteiger partial charge in [0.15, 0.2) is 5.76 Å². The lowest BCUT2D eigenvalue weighted by atomic mass is 9.98. The molecule has 21 heavy (non-hydrogen) atoms. The summed E-state index contributed by atoms with van der Waals surface area (Å²) in [5, 5.41) is 2.95. The molecule has 6 nitrogen and oxygen atoms in total. The molecule has 1 fully saturated rings. The lowest BCUT2D eigenvalue weighted by Crippen LogP contribution is -2.40. The van der Waals surface area contributed by atoms with Gasteiger partial charge in [-0.1, -0.05) is 0 Å². The molecule has 0 radical (unpaired) electrons. The Kier molecular flexibility index (Phi) is 4.35. The minimum atomic E-state index is -0.134. The van der Waals surface area contributed by atoms with Crippen molar-refractivity contribution in [2.24, 2.45) is 5.92 Å². The second-order valence-corrected chi connectivity index (χ2v) is 5.51. The van der Waals surface area contributed by atoms with E-state index in [1.807, 2.05) is 6.20 Å². The van der Waals surface area contributed by atoms with E-state index < -0.39 is 0 Å². The lowest BCUT2D eigenvalue weighted by molar-refractivity contribution is 0.0903. The fourth-order valence-electron chi connectivity index (χ4n) is 2.81. The van der Waals surface area contributed by atoms with Gasteiger partial charge in [0.1, 0.15) is 0 Å². The Morgan fingerprint density at radius 2 is 2.52 bits per heavy atom. The maximum absolute atomic E-state index is 11.9. The molecule has 6 heteroatoms. The van der Waals surface area contributed by atoms with Crippen LogP contribution in [-0.2, 0) is 6.54 Å². The van der Waals surface area contributed by atoms with Crippen LogP contribution < -0.4 is 5.32 Å². The summed E-state index contributed by atoms with van der Waals surface area (Å²) in [4.78, 5) is 21.4. The number of carbonyl (C=O) groups excluding carboxylic acids is 1. The lowest BCUT2D eigenvalue weighted by Gasteiger charge is -2.32. The number of furan rings is 1. The number of hydrogen-bond acceptors (Lipinski definition) is 4. The number of piperidine rings is 1. The number of likely N-dealkylation sites (tertiary alicyclic amines) is 1. The molecule has 1 amide bonds. The van der Waals surface area contributed by atoms with Crippen molar-refractivity contribution in [3.05, 3.63) is 42.4 Å². The predicted octanol–water partition coefficient (Wildman–Crippen LogP) is 1.64. The largest absolute Gasteiger partial charge is 0.459 e. The zero-order chi connectivity index (χ0) is 14.5. The number of carbonyl (C=O) groups is 1. The maximum Gasteiger partial charge on any atom is 0.286 e. The van der Waals surface area contributed by atoms with Gasteiger partial charge < -0.3 is 14.7 Å². The summed E-state index contributed by atoms with van der Waals surface area (Å²) in [7, 11) is 0. The average molecular weight is 288 g/mol. The average Bonchev–Trinajstić information content (AvgIpc) is 3.18. The minimum Gasteiger partial charge on any atom is -0.459 e. The van der Waals surface area contributed by atoms with E-state index in [1.54, 1.807) is 18.5 Å². The third-order valence-electron chi connectivity index (χ3n) is 3.85. The molecule has 1 saturated heterocycles. The molecule has 1 aliphatic heterocycles. The zero-order valence-electron chi connectivity index (χ0n) is 11.9. The number of hydrogen-bond donors (Lipinski definition) is 2. The van der Waals surface area contributed by atoms with E-state index in [4.69, 9.17) is 4.42 Å². The Balaban J connectivity index is 1.46. The van der Waals surface area contributed by atoms with Crippen molar-refractivity contribution in [2.75, 3.05) is 19.6 Å². The van der Waals surface area contributed by atoms with E-state index in [1.165, 1.54) is 6.26 Å². The van der Waals surface area contributed by atoms with Crippen LogP contribution in [0.5, 0.6) is 0 Å². The van der Waals surface area contributed by atoms with Gasteiger partial charge in [0, 0.05) is 31.5 Å². The second-order valence-electron chi connectivity index (χ2n) is 5.51. The fraction of sp³-hybridized carbons (Fsp3) is 0.467. The van der Waals surface area contributed by atoms with Gasteiger partial charge >= 0.3 is 0 Å². The molecule has 0 aromatic carbocycles. The van der Waals surface area contributed by atoms with Crippen LogP contribution in [0.3, 0.4) is 0 Å². The van der Waals surface area contributed by atoms with Crippen molar-refractivity contribution in [2.45, 2.75) is 19.4 Å². The zero-order valence-corrected chi connectivity index (χ0v) is 11.9. The fourth-order valence-corrected chi connectivity index (χ4v) is 2.81. The third-order valence-corrected chi connectivity index (χ3v) is 3.85. The van der Waals surface area contributed by atoms with Crippen LogP contribution in [0, 0.1) is 5.92 Å². The highest BCUT2D eigenvalue weighted by Crippen LogP contribution is 2.17. The Hall–Kier alpha value is -2.08. The molecule has 3 heterocycles. The van der Waals surface area contributed by atoms with Crippen LogP contribution in [0.2, 0.25) is 0 Å². The van der Waals surface area contributed by atoms with Crippen molar-refractivity contribution >= 4 is 5.91 Å². The van der Waals surface area contributed by atoms with Crippen molar-refractivity contribution in [1.29, 1.82) is 0 Å². The molecule has 112 valence electrons. The number of amides is 1. The number of nitrogens with zero attached hydrogens (tertiary/aromatic N) is 2. The Labute approximate surface area is 123 Å². The van der Waals surface area contributed by atoms with Crippen LogP contribution in [0.15, 0.2) is 35.3 Å². The molecule has 1 aliphatic rings. The summed E-state index contributed by atoms with van der Waals surface area (Å²) in [5.41, 5.74) is 1.13. The second kappa shape index (κ2) is 6.58. The van der Waals surface area contributed by atoms with Gasteiger partial charge in [-0.3, -0.25) is 9.69 Å². The Morgan fingerprint density at radius 3 is 3.29 bits per heavy atom. The number of H-pyrrole nitrogens is 1. The summed E-state index contributed by atoms with van der Waals surface area (Å²) in [6.07, 6.45) is 7.40. The standard InChI is InChI=1S/C15H20N4O2/c20-15(14-4-2-6-21-14)17-7-12-3-1-5-19(9-12)10-13-8-16-11-18-13/h2,4,6,8,11-12H,1,3,5,7,9-10H2,(H,16,18)(H,17,20). The molecule has 3 rings (SSSR count). The molecular formula is C15H20N4O2. The maximum atomic E-state index is 11.9. The summed E-state index contributed by atoms with van der Waals surface area (Å²) in [5.74, 6) is 0.728. The molecule has 0 aliphatic carbocycles. The van der Waals surface area contributed by atoms with Crippen LogP contribution in [0.25, 0.3) is 0 Å². The highest BCUT2D eigenvalue weighted by atomic mass is 16.3. The van der Waals surface area contributed by atoms with Gasteiger partial charge in [0.2, 0.25) is 0 Å². The molecule has 2 aromatic heterocycles. The van der Waals surface area contributed by atoms with E-state index in [0.717, 1.165) is 38.2 Å². The number of imidazole rings is 1. The van der Waals surface area contributed by atoms with Gasteiger partial charge in [0.25, 0.3) is 5.91 Å².